The van der Waals surface area contributed by atoms with Crippen LogP contribution in [0, 0.1) is 0 Å². The van der Waals surface area contributed by atoms with E-state index >= 15 is 0 Å². The van der Waals surface area contributed by atoms with E-state index in [9.17, 15) is 4.79 Å². The third kappa shape index (κ3) is 4.38. The molecule has 3 heterocycles. The summed E-state index contributed by atoms with van der Waals surface area (Å²) >= 11 is 1.74. The van der Waals surface area contributed by atoms with Gasteiger partial charge in [-0.25, -0.2) is 4.98 Å². The van der Waals surface area contributed by atoms with Gasteiger partial charge in [0.15, 0.2) is 0 Å². The van der Waals surface area contributed by atoms with Crippen LogP contribution in [0.2, 0.25) is 0 Å². The SMILES string of the molecule is O=C(c1cc(-c2ccccc2)nc2ccccc12)N1CCCN(Cc2ccsc2)CC1. The van der Waals surface area contributed by atoms with E-state index < -0.39 is 0 Å². The topological polar surface area (TPSA) is 36.4 Å². The molecule has 1 aliphatic rings. The first-order valence-corrected chi connectivity index (χ1v) is 11.7. The van der Waals surface area contributed by atoms with E-state index in [0.717, 1.165) is 66.9 Å². The molecule has 0 N–H and O–H groups in total. The summed E-state index contributed by atoms with van der Waals surface area (Å²) in [6.45, 7) is 4.42. The average Bonchev–Trinajstić information content (AvgIpc) is 3.22. The Morgan fingerprint density at radius 3 is 2.61 bits per heavy atom. The summed E-state index contributed by atoms with van der Waals surface area (Å²) in [5.74, 6) is 0.105. The molecule has 1 fully saturated rings. The number of carbonyl (C=O) groups excluding carboxylic acids is 1. The van der Waals surface area contributed by atoms with Gasteiger partial charge in [0.2, 0.25) is 0 Å². The van der Waals surface area contributed by atoms with Crippen LogP contribution in [0.4, 0.5) is 0 Å². The Balaban J connectivity index is 1.42. The highest BCUT2D eigenvalue weighted by Crippen LogP contribution is 2.26. The van der Waals surface area contributed by atoms with Gasteiger partial charge in [0.1, 0.15) is 0 Å². The van der Waals surface area contributed by atoms with Crippen LogP contribution >= 0.6 is 11.3 Å². The number of rotatable bonds is 4. The molecule has 1 amide bonds. The molecule has 156 valence electrons. The molecular weight excluding hydrogens is 402 g/mol. The van der Waals surface area contributed by atoms with Gasteiger partial charge in [-0.05, 0) is 40.9 Å². The lowest BCUT2D eigenvalue weighted by Gasteiger charge is -2.23. The number of aromatic nitrogens is 1. The van der Waals surface area contributed by atoms with Gasteiger partial charge < -0.3 is 4.90 Å². The van der Waals surface area contributed by atoms with Crippen molar-refractivity contribution in [2.24, 2.45) is 0 Å². The van der Waals surface area contributed by atoms with Crippen molar-refractivity contribution in [3.63, 3.8) is 0 Å². The number of hydrogen-bond acceptors (Lipinski definition) is 4. The van der Waals surface area contributed by atoms with E-state index in [0.29, 0.717) is 0 Å². The first kappa shape index (κ1) is 19.9. The van der Waals surface area contributed by atoms with E-state index in [2.05, 4.69) is 21.7 Å². The summed E-state index contributed by atoms with van der Waals surface area (Å²) in [6.07, 6.45) is 0.991. The number of benzene rings is 2. The number of pyridine rings is 1. The predicted octanol–water partition coefficient (Wildman–Crippen LogP) is 5.31. The Morgan fingerprint density at radius 2 is 1.77 bits per heavy atom. The Kier molecular flexibility index (Phi) is 5.78. The zero-order valence-corrected chi connectivity index (χ0v) is 18.2. The Labute approximate surface area is 186 Å². The maximum absolute atomic E-state index is 13.7. The van der Waals surface area contributed by atoms with E-state index in [4.69, 9.17) is 4.98 Å². The fourth-order valence-electron chi connectivity index (χ4n) is 4.25. The molecule has 0 atom stereocenters. The van der Waals surface area contributed by atoms with Gasteiger partial charge in [-0.1, -0.05) is 48.5 Å². The molecular formula is C26H25N3OS. The lowest BCUT2D eigenvalue weighted by molar-refractivity contribution is 0.0763. The van der Waals surface area contributed by atoms with Crippen LogP contribution in [0.5, 0.6) is 0 Å². The highest BCUT2D eigenvalue weighted by atomic mass is 32.1. The smallest absolute Gasteiger partial charge is 0.254 e. The Hall–Kier alpha value is -3.02. The third-order valence-corrected chi connectivity index (χ3v) is 6.61. The number of fused-ring (bicyclic) bond motifs is 1. The van der Waals surface area contributed by atoms with Crippen LogP contribution in [-0.2, 0) is 6.54 Å². The van der Waals surface area contributed by atoms with E-state index in [-0.39, 0.29) is 5.91 Å². The second kappa shape index (κ2) is 9.00. The summed E-state index contributed by atoms with van der Waals surface area (Å²) in [5, 5.41) is 5.26. The number of amides is 1. The van der Waals surface area contributed by atoms with E-state index in [1.54, 1.807) is 11.3 Å². The molecule has 0 radical (unpaired) electrons. The second-order valence-electron chi connectivity index (χ2n) is 7.99. The maximum Gasteiger partial charge on any atom is 0.254 e. The first-order valence-electron chi connectivity index (χ1n) is 10.8. The van der Waals surface area contributed by atoms with Crippen molar-refractivity contribution in [2.75, 3.05) is 26.2 Å². The van der Waals surface area contributed by atoms with Crippen molar-refractivity contribution in [3.05, 3.63) is 88.6 Å². The van der Waals surface area contributed by atoms with Crippen LogP contribution in [0.15, 0.2) is 77.5 Å². The molecule has 31 heavy (non-hydrogen) atoms. The minimum Gasteiger partial charge on any atom is -0.337 e. The average molecular weight is 428 g/mol. The largest absolute Gasteiger partial charge is 0.337 e. The van der Waals surface area contributed by atoms with Gasteiger partial charge in [-0.15, -0.1) is 0 Å². The molecule has 0 saturated carbocycles. The molecule has 0 bridgehead atoms. The molecule has 5 rings (SSSR count). The monoisotopic (exact) mass is 427 g/mol. The van der Waals surface area contributed by atoms with Gasteiger partial charge in [-0.2, -0.15) is 11.3 Å². The molecule has 5 heteroatoms. The standard InChI is InChI=1S/C26H25N3OS/c30-26(29-13-6-12-28(14-15-29)18-20-11-16-31-19-20)23-17-25(21-7-2-1-3-8-21)27-24-10-5-4-9-22(23)24/h1-5,7-11,16-17,19H,6,12-15,18H2. The maximum atomic E-state index is 13.7. The lowest BCUT2D eigenvalue weighted by Crippen LogP contribution is -2.35. The van der Waals surface area contributed by atoms with Crippen molar-refractivity contribution in [1.82, 2.24) is 14.8 Å². The minimum absolute atomic E-state index is 0.105. The van der Waals surface area contributed by atoms with Gasteiger partial charge in [0.25, 0.3) is 5.91 Å². The quantitative estimate of drug-likeness (QED) is 0.443. The highest BCUT2D eigenvalue weighted by molar-refractivity contribution is 7.07. The minimum atomic E-state index is 0.105. The van der Waals surface area contributed by atoms with Crippen molar-refractivity contribution < 1.29 is 4.79 Å². The second-order valence-corrected chi connectivity index (χ2v) is 8.77. The van der Waals surface area contributed by atoms with Gasteiger partial charge >= 0.3 is 0 Å². The third-order valence-electron chi connectivity index (χ3n) is 5.88. The number of hydrogen-bond donors (Lipinski definition) is 0. The van der Waals surface area contributed by atoms with Crippen molar-refractivity contribution in [3.8, 4) is 11.3 Å². The molecule has 0 spiro atoms. The van der Waals surface area contributed by atoms with Crippen LogP contribution in [0.25, 0.3) is 22.2 Å². The molecule has 2 aromatic carbocycles. The number of carbonyl (C=O) groups is 1. The summed E-state index contributed by atoms with van der Waals surface area (Å²) in [4.78, 5) is 23.0. The number of thiophene rings is 1. The van der Waals surface area contributed by atoms with Crippen molar-refractivity contribution in [1.29, 1.82) is 0 Å². The van der Waals surface area contributed by atoms with Crippen LogP contribution in [0.3, 0.4) is 0 Å². The molecule has 1 saturated heterocycles. The molecule has 4 nitrogen and oxygen atoms in total. The Bertz CT molecular complexity index is 1170. The summed E-state index contributed by atoms with van der Waals surface area (Å²) in [6, 6.07) is 22.2. The zero-order valence-electron chi connectivity index (χ0n) is 17.4. The van der Waals surface area contributed by atoms with Gasteiger partial charge in [0, 0.05) is 43.7 Å². The van der Waals surface area contributed by atoms with Crippen LogP contribution < -0.4 is 0 Å². The number of nitrogens with zero attached hydrogens (tertiary/aromatic N) is 3. The van der Waals surface area contributed by atoms with Crippen molar-refractivity contribution in [2.45, 2.75) is 13.0 Å². The van der Waals surface area contributed by atoms with E-state index in [1.165, 1.54) is 5.56 Å². The van der Waals surface area contributed by atoms with Gasteiger partial charge in [-0.3, -0.25) is 9.69 Å². The molecule has 1 aliphatic heterocycles. The molecule has 2 aromatic heterocycles. The normalized spacial score (nSPS) is 15.2. The molecule has 4 aromatic rings. The fraction of sp³-hybridized carbons (Fsp3) is 0.231. The van der Waals surface area contributed by atoms with Gasteiger partial charge in [0.05, 0.1) is 16.8 Å². The highest BCUT2D eigenvalue weighted by Gasteiger charge is 2.23. The number of para-hydroxylation sites is 1. The summed E-state index contributed by atoms with van der Waals surface area (Å²) in [7, 11) is 0. The summed E-state index contributed by atoms with van der Waals surface area (Å²) < 4.78 is 0. The lowest BCUT2D eigenvalue weighted by atomic mass is 10.0. The zero-order chi connectivity index (χ0) is 21.0. The van der Waals surface area contributed by atoms with Crippen molar-refractivity contribution >= 4 is 28.1 Å². The first-order chi connectivity index (χ1) is 15.3. The summed E-state index contributed by atoms with van der Waals surface area (Å²) in [5.41, 5.74) is 4.84. The molecule has 0 aliphatic carbocycles. The van der Waals surface area contributed by atoms with Crippen LogP contribution in [0.1, 0.15) is 22.3 Å². The van der Waals surface area contributed by atoms with Crippen LogP contribution in [-0.4, -0.2) is 46.9 Å². The van der Waals surface area contributed by atoms with E-state index in [1.807, 2.05) is 65.6 Å². The fourth-order valence-corrected chi connectivity index (χ4v) is 4.91. The Morgan fingerprint density at radius 1 is 0.935 bits per heavy atom. The molecule has 0 unspecified atom stereocenters. The predicted molar refractivity (Wildman–Crippen MR) is 127 cm³/mol.